The zero-order valence-electron chi connectivity index (χ0n) is 10.8. The number of methoxy groups -OCH3 is 1. The molecule has 0 radical (unpaired) electrons. The highest BCUT2D eigenvalue weighted by atomic mass is 16.5. The molecule has 0 aliphatic rings. The molecule has 0 fully saturated rings. The van der Waals surface area contributed by atoms with Crippen molar-refractivity contribution < 1.29 is 4.74 Å². The third kappa shape index (κ3) is 2.19. The summed E-state index contributed by atoms with van der Waals surface area (Å²) in [7, 11) is 1.72. The molecule has 86 valence electrons. The first-order valence-corrected chi connectivity index (χ1v) is 5.77. The van der Waals surface area contributed by atoms with Crippen molar-refractivity contribution in [3.63, 3.8) is 0 Å². The molecule has 0 aliphatic carbocycles. The molecule has 2 rings (SSSR count). The van der Waals surface area contributed by atoms with Gasteiger partial charge in [-0.25, -0.2) is 0 Å². The second kappa shape index (κ2) is 5.55. The minimum absolute atomic E-state index is 0.973. The van der Waals surface area contributed by atoms with Crippen LogP contribution in [-0.2, 0) is 0 Å². The summed E-state index contributed by atoms with van der Waals surface area (Å²) in [6.07, 6.45) is 0. The standard InChI is InChI=1S/C13H14O.C2H6/c1-9-8-13(14-3)10(2)12-7-5-4-6-11(9)12;1-2/h4-8H,1-3H3;1-2H3. The fraction of sp³-hybridized carbons (Fsp3) is 0.333. The number of hydrogen-bond acceptors (Lipinski definition) is 1. The molecule has 0 atom stereocenters. The largest absolute Gasteiger partial charge is 0.496 e. The molecule has 1 heteroatoms. The molecular formula is C15H20O. The predicted molar refractivity (Wildman–Crippen MR) is 71.3 cm³/mol. The fourth-order valence-electron chi connectivity index (χ4n) is 1.88. The van der Waals surface area contributed by atoms with Crippen LogP contribution in [0.25, 0.3) is 10.8 Å². The highest BCUT2D eigenvalue weighted by Gasteiger charge is 2.05. The third-order valence-electron chi connectivity index (χ3n) is 2.69. The Morgan fingerprint density at radius 2 is 1.50 bits per heavy atom. The lowest BCUT2D eigenvalue weighted by atomic mass is 10.0. The Labute approximate surface area is 98.1 Å². The van der Waals surface area contributed by atoms with E-state index in [9.17, 15) is 0 Å². The molecule has 0 heterocycles. The van der Waals surface area contributed by atoms with Crippen molar-refractivity contribution in [2.45, 2.75) is 27.7 Å². The molecular weight excluding hydrogens is 196 g/mol. The summed E-state index contributed by atoms with van der Waals surface area (Å²) in [6.45, 7) is 8.21. The van der Waals surface area contributed by atoms with Gasteiger partial charge in [-0.2, -0.15) is 0 Å². The zero-order valence-corrected chi connectivity index (χ0v) is 10.8. The van der Waals surface area contributed by atoms with Crippen molar-refractivity contribution in [2.75, 3.05) is 7.11 Å². The van der Waals surface area contributed by atoms with Crippen molar-refractivity contribution in [3.8, 4) is 5.75 Å². The molecule has 1 nitrogen and oxygen atoms in total. The molecule has 0 aliphatic heterocycles. The van der Waals surface area contributed by atoms with Gasteiger partial charge in [0.2, 0.25) is 0 Å². The molecule has 2 aromatic rings. The lowest BCUT2D eigenvalue weighted by Crippen LogP contribution is -1.90. The van der Waals surface area contributed by atoms with Gasteiger partial charge in [-0.3, -0.25) is 0 Å². The van der Waals surface area contributed by atoms with E-state index < -0.39 is 0 Å². The number of ether oxygens (including phenoxy) is 1. The van der Waals surface area contributed by atoms with Crippen LogP contribution in [0.5, 0.6) is 5.75 Å². The van der Waals surface area contributed by atoms with Gasteiger partial charge in [-0.05, 0) is 41.8 Å². The van der Waals surface area contributed by atoms with Crippen LogP contribution in [0, 0.1) is 13.8 Å². The van der Waals surface area contributed by atoms with E-state index in [1.54, 1.807) is 7.11 Å². The third-order valence-corrected chi connectivity index (χ3v) is 2.69. The molecule has 0 saturated heterocycles. The molecule has 0 aromatic heterocycles. The topological polar surface area (TPSA) is 9.23 Å². The van der Waals surface area contributed by atoms with Gasteiger partial charge in [0, 0.05) is 0 Å². The minimum Gasteiger partial charge on any atom is -0.496 e. The summed E-state index contributed by atoms with van der Waals surface area (Å²) in [5.74, 6) is 0.973. The van der Waals surface area contributed by atoms with E-state index in [4.69, 9.17) is 4.74 Å². The lowest BCUT2D eigenvalue weighted by molar-refractivity contribution is 0.412. The lowest BCUT2D eigenvalue weighted by Gasteiger charge is -2.10. The van der Waals surface area contributed by atoms with E-state index in [1.807, 2.05) is 13.8 Å². The van der Waals surface area contributed by atoms with Crippen molar-refractivity contribution in [1.82, 2.24) is 0 Å². The minimum atomic E-state index is 0.973. The summed E-state index contributed by atoms with van der Waals surface area (Å²) >= 11 is 0. The highest BCUT2D eigenvalue weighted by Crippen LogP contribution is 2.29. The Hall–Kier alpha value is -1.50. The summed E-state index contributed by atoms with van der Waals surface area (Å²) in [5, 5.41) is 2.59. The monoisotopic (exact) mass is 216 g/mol. The zero-order chi connectivity index (χ0) is 12.1. The van der Waals surface area contributed by atoms with E-state index in [0.717, 1.165) is 5.75 Å². The normalized spacial score (nSPS) is 9.56. The van der Waals surface area contributed by atoms with Crippen LogP contribution < -0.4 is 4.74 Å². The molecule has 0 bridgehead atoms. The number of fused-ring (bicyclic) bond motifs is 1. The number of hydrogen-bond donors (Lipinski definition) is 0. The van der Waals surface area contributed by atoms with Gasteiger partial charge in [-0.1, -0.05) is 38.1 Å². The first-order chi connectivity index (χ1) is 7.74. The van der Waals surface area contributed by atoms with Gasteiger partial charge in [-0.15, -0.1) is 0 Å². The SMILES string of the molecule is CC.COc1cc(C)c2ccccc2c1C. The van der Waals surface area contributed by atoms with Crippen LogP contribution in [0.3, 0.4) is 0 Å². The maximum absolute atomic E-state index is 5.33. The molecule has 0 spiro atoms. The fourth-order valence-corrected chi connectivity index (χ4v) is 1.88. The van der Waals surface area contributed by atoms with E-state index in [2.05, 4.69) is 44.2 Å². The Balaban J connectivity index is 0.000000606. The van der Waals surface area contributed by atoms with Crippen LogP contribution in [0.4, 0.5) is 0 Å². The molecule has 0 N–H and O–H groups in total. The Kier molecular flexibility index (Phi) is 4.36. The van der Waals surface area contributed by atoms with E-state index in [1.165, 1.54) is 21.9 Å². The number of benzene rings is 2. The Morgan fingerprint density at radius 1 is 0.938 bits per heavy atom. The smallest absolute Gasteiger partial charge is 0.122 e. The van der Waals surface area contributed by atoms with Crippen LogP contribution in [0.15, 0.2) is 30.3 Å². The van der Waals surface area contributed by atoms with E-state index in [-0.39, 0.29) is 0 Å². The first kappa shape index (κ1) is 12.6. The van der Waals surface area contributed by atoms with Crippen molar-refractivity contribution in [1.29, 1.82) is 0 Å². The summed E-state index contributed by atoms with van der Waals surface area (Å²) < 4.78 is 5.33. The summed E-state index contributed by atoms with van der Waals surface area (Å²) in [6, 6.07) is 10.5. The van der Waals surface area contributed by atoms with Gasteiger partial charge in [0.25, 0.3) is 0 Å². The quantitative estimate of drug-likeness (QED) is 0.682. The maximum atomic E-state index is 5.33. The second-order valence-electron chi connectivity index (χ2n) is 3.57. The first-order valence-electron chi connectivity index (χ1n) is 5.77. The molecule has 2 aromatic carbocycles. The van der Waals surface area contributed by atoms with Gasteiger partial charge < -0.3 is 4.74 Å². The van der Waals surface area contributed by atoms with Gasteiger partial charge >= 0.3 is 0 Å². The Bertz CT molecular complexity index is 472. The Morgan fingerprint density at radius 3 is 2.06 bits per heavy atom. The highest BCUT2D eigenvalue weighted by molar-refractivity contribution is 5.90. The van der Waals surface area contributed by atoms with E-state index >= 15 is 0 Å². The van der Waals surface area contributed by atoms with Crippen LogP contribution in [0.2, 0.25) is 0 Å². The van der Waals surface area contributed by atoms with Crippen LogP contribution in [-0.4, -0.2) is 7.11 Å². The number of rotatable bonds is 1. The second-order valence-corrected chi connectivity index (χ2v) is 3.57. The van der Waals surface area contributed by atoms with Crippen LogP contribution in [0.1, 0.15) is 25.0 Å². The van der Waals surface area contributed by atoms with Crippen molar-refractivity contribution in [3.05, 3.63) is 41.5 Å². The van der Waals surface area contributed by atoms with Gasteiger partial charge in [0.05, 0.1) is 7.11 Å². The summed E-state index contributed by atoms with van der Waals surface area (Å²) in [4.78, 5) is 0. The molecule has 0 unspecified atom stereocenters. The summed E-state index contributed by atoms with van der Waals surface area (Å²) in [5.41, 5.74) is 2.48. The predicted octanol–water partition coefficient (Wildman–Crippen LogP) is 4.49. The van der Waals surface area contributed by atoms with Crippen molar-refractivity contribution in [2.24, 2.45) is 0 Å². The maximum Gasteiger partial charge on any atom is 0.122 e. The van der Waals surface area contributed by atoms with Crippen LogP contribution >= 0.6 is 0 Å². The van der Waals surface area contributed by atoms with E-state index in [0.29, 0.717) is 0 Å². The average Bonchev–Trinajstić information content (AvgIpc) is 2.36. The molecule has 0 amide bonds. The van der Waals surface area contributed by atoms with Gasteiger partial charge in [0.1, 0.15) is 5.75 Å². The van der Waals surface area contributed by atoms with Gasteiger partial charge in [0.15, 0.2) is 0 Å². The van der Waals surface area contributed by atoms with Crippen molar-refractivity contribution >= 4 is 10.8 Å². The number of aryl methyl sites for hydroxylation is 2. The molecule has 16 heavy (non-hydrogen) atoms. The average molecular weight is 216 g/mol. The molecule has 0 saturated carbocycles.